The summed E-state index contributed by atoms with van der Waals surface area (Å²) in [5.74, 6) is -2.39. The third kappa shape index (κ3) is 3.31. The fourth-order valence-corrected chi connectivity index (χ4v) is 3.60. The minimum Gasteiger partial charge on any atom is -0.494 e. The van der Waals surface area contributed by atoms with Crippen molar-refractivity contribution in [3.63, 3.8) is 0 Å². The third-order valence-electron chi connectivity index (χ3n) is 5.14. The molecular weight excluding hydrogens is 406 g/mol. The largest absolute Gasteiger partial charge is 0.494 e. The van der Waals surface area contributed by atoms with Crippen LogP contribution in [0.25, 0.3) is 33.3 Å². The quantitative estimate of drug-likeness (QED) is 0.486. The first-order chi connectivity index (χ1) is 14.9. The van der Waals surface area contributed by atoms with E-state index in [0.29, 0.717) is 23.1 Å². The van der Waals surface area contributed by atoms with Crippen LogP contribution in [0.3, 0.4) is 0 Å². The Balaban J connectivity index is 2.02. The van der Waals surface area contributed by atoms with Crippen molar-refractivity contribution in [2.75, 3.05) is 14.2 Å². The molecule has 9 heteroatoms. The van der Waals surface area contributed by atoms with E-state index in [4.69, 9.17) is 9.47 Å². The van der Waals surface area contributed by atoms with E-state index in [1.165, 1.54) is 24.9 Å². The Labute approximate surface area is 176 Å². The van der Waals surface area contributed by atoms with Crippen LogP contribution < -0.4 is 15.0 Å². The number of aromatic nitrogens is 4. The van der Waals surface area contributed by atoms with Gasteiger partial charge in [0.05, 0.1) is 42.8 Å². The molecule has 31 heavy (non-hydrogen) atoms. The number of rotatable bonds is 5. The molecule has 160 valence electrons. The second-order valence-electron chi connectivity index (χ2n) is 6.92. The lowest BCUT2D eigenvalue weighted by Gasteiger charge is -2.15. The van der Waals surface area contributed by atoms with E-state index < -0.39 is 22.8 Å². The summed E-state index contributed by atoms with van der Waals surface area (Å²) >= 11 is 0. The average molecular weight is 426 g/mol. The molecule has 0 saturated carbocycles. The topological polar surface area (TPSA) is 71.2 Å². The standard InChI is InChI=1S/C22H20F2N4O3/c1-5-28-16-7-15(13-10-26-27(2)11-13)25-9-12(16)6-14(22(28)29)19-20(23)17(30-3)8-18(31-4)21(19)24/h6-11H,5H2,1-4H3. The van der Waals surface area contributed by atoms with Crippen molar-refractivity contribution in [3.05, 3.63) is 58.8 Å². The average Bonchev–Trinajstić information content (AvgIpc) is 3.20. The number of pyridine rings is 2. The van der Waals surface area contributed by atoms with Gasteiger partial charge in [-0.2, -0.15) is 5.10 Å². The van der Waals surface area contributed by atoms with Gasteiger partial charge in [-0.25, -0.2) is 8.78 Å². The molecule has 0 saturated heterocycles. The van der Waals surface area contributed by atoms with Crippen molar-refractivity contribution < 1.29 is 18.3 Å². The molecule has 0 N–H and O–H groups in total. The molecule has 0 spiro atoms. The third-order valence-corrected chi connectivity index (χ3v) is 5.14. The molecule has 0 amide bonds. The van der Waals surface area contributed by atoms with Crippen LogP contribution in [0.5, 0.6) is 11.5 Å². The summed E-state index contributed by atoms with van der Waals surface area (Å²) in [5.41, 5.74) is 0.847. The first kappa shape index (κ1) is 20.5. The number of nitrogens with zero attached hydrogens (tertiary/aromatic N) is 4. The normalized spacial score (nSPS) is 11.2. The van der Waals surface area contributed by atoms with Gasteiger partial charge < -0.3 is 14.0 Å². The summed E-state index contributed by atoms with van der Waals surface area (Å²) in [6, 6.07) is 4.30. The molecule has 7 nitrogen and oxygen atoms in total. The predicted octanol–water partition coefficient (Wildman–Crippen LogP) is 3.78. The van der Waals surface area contributed by atoms with Gasteiger partial charge in [-0.05, 0) is 19.1 Å². The number of benzene rings is 1. The molecule has 0 radical (unpaired) electrons. The van der Waals surface area contributed by atoms with Gasteiger partial charge in [0.1, 0.15) is 0 Å². The van der Waals surface area contributed by atoms with Crippen molar-refractivity contribution in [2.45, 2.75) is 13.5 Å². The minimum atomic E-state index is -0.972. The van der Waals surface area contributed by atoms with E-state index in [0.717, 1.165) is 11.6 Å². The van der Waals surface area contributed by atoms with Gasteiger partial charge in [0.25, 0.3) is 5.56 Å². The number of fused-ring (bicyclic) bond motifs is 1. The fourth-order valence-electron chi connectivity index (χ4n) is 3.60. The van der Waals surface area contributed by atoms with Crippen molar-refractivity contribution >= 4 is 10.9 Å². The van der Waals surface area contributed by atoms with Crippen LogP contribution in [0.4, 0.5) is 8.78 Å². The Morgan fingerprint density at radius 2 is 1.71 bits per heavy atom. The number of hydrogen-bond acceptors (Lipinski definition) is 5. The Kier molecular flexibility index (Phi) is 5.18. The van der Waals surface area contributed by atoms with Gasteiger partial charge in [-0.1, -0.05) is 0 Å². The highest BCUT2D eigenvalue weighted by Gasteiger charge is 2.25. The minimum absolute atomic E-state index is 0.141. The van der Waals surface area contributed by atoms with Crippen LogP contribution in [0, 0.1) is 11.6 Å². The van der Waals surface area contributed by atoms with E-state index in [1.54, 1.807) is 37.1 Å². The number of ether oxygens (including phenoxy) is 2. The van der Waals surface area contributed by atoms with Gasteiger partial charge in [0, 0.05) is 43.0 Å². The molecular formula is C22H20F2N4O3. The Morgan fingerprint density at radius 3 is 2.26 bits per heavy atom. The van der Waals surface area contributed by atoms with Crippen molar-refractivity contribution in [1.82, 2.24) is 19.3 Å². The number of methoxy groups -OCH3 is 2. The SMILES string of the molecule is CCn1c(=O)c(-c2c(F)c(OC)cc(OC)c2F)cc2cnc(-c3cnn(C)c3)cc21. The lowest BCUT2D eigenvalue weighted by molar-refractivity contribution is 0.359. The van der Waals surface area contributed by atoms with Crippen LogP contribution in [0.1, 0.15) is 6.92 Å². The highest BCUT2D eigenvalue weighted by atomic mass is 19.1. The molecule has 0 unspecified atom stereocenters. The summed E-state index contributed by atoms with van der Waals surface area (Å²) in [6.07, 6.45) is 5.05. The molecule has 1 aromatic carbocycles. The molecule has 0 bridgehead atoms. The summed E-state index contributed by atoms with van der Waals surface area (Å²) < 4.78 is 43.2. The van der Waals surface area contributed by atoms with Crippen molar-refractivity contribution in [1.29, 1.82) is 0 Å². The van der Waals surface area contributed by atoms with Crippen LogP contribution in [-0.4, -0.2) is 33.6 Å². The highest BCUT2D eigenvalue weighted by Crippen LogP contribution is 2.37. The molecule has 0 fully saturated rings. The summed E-state index contributed by atoms with van der Waals surface area (Å²) in [5, 5.41) is 4.70. The van der Waals surface area contributed by atoms with Crippen molar-refractivity contribution in [2.24, 2.45) is 7.05 Å². The zero-order valence-corrected chi connectivity index (χ0v) is 17.4. The van der Waals surface area contributed by atoms with Gasteiger partial charge in [0.2, 0.25) is 0 Å². The van der Waals surface area contributed by atoms with Crippen LogP contribution in [0.2, 0.25) is 0 Å². The first-order valence-electron chi connectivity index (χ1n) is 9.52. The Hall–Kier alpha value is -3.75. The van der Waals surface area contributed by atoms with Crippen LogP contribution in [0.15, 0.2) is 41.6 Å². The van der Waals surface area contributed by atoms with E-state index in [9.17, 15) is 4.79 Å². The molecule has 3 heterocycles. The van der Waals surface area contributed by atoms with Crippen LogP contribution >= 0.6 is 0 Å². The molecule has 0 aliphatic heterocycles. The molecule has 0 atom stereocenters. The maximum Gasteiger partial charge on any atom is 0.259 e. The summed E-state index contributed by atoms with van der Waals surface area (Å²) in [4.78, 5) is 17.7. The smallest absolute Gasteiger partial charge is 0.259 e. The summed E-state index contributed by atoms with van der Waals surface area (Å²) in [7, 11) is 4.31. The lowest BCUT2D eigenvalue weighted by atomic mass is 10.0. The van der Waals surface area contributed by atoms with E-state index in [1.807, 2.05) is 6.20 Å². The maximum absolute atomic E-state index is 15.0. The second-order valence-corrected chi connectivity index (χ2v) is 6.92. The molecule has 0 aliphatic rings. The predicted molar refractivity (Wildman–Crippen MR) is 112 cm³/mol. The molecule has 4 aromatic rings. The molecule has 3 aromatic heterocycles. The zero-order chi connectivity index (χ0) is 22.3. The van der Waals surface area contributed by atoms with Gasteiger partial charge in [0.15, 0.2) is 23.1 Å². The fraction of sp³-hybridized carbons (Fsp3) is 0.227. The Morgan fingerprint density at radius 1 is 1.03 bits per heavy atom. The number of halogens is 2. The molecule has 4 rings (SSSR count). The Bertz CT molecular complexity index is 1330. The molecule has 0 aliphatic carbocycles. The van der Waals surface area contributed by atoms with Gasteiger partial charge in [-0.3, -0.25) is 14.5 Å². The van der Waals surface area contributed by atoms with E-state index >= 15 is 8.78 Å². The zero-order valence-electron chi connectivity index (χ0n) is 17.4. The van der Waals surface area contributed by atoms with Gasteiger partial charge in [-0.15, -0.1) is 0 Å². The van der Waals surface area contributed by atoms with Gasteiger partial charge >= 0.3 is 0 Å². The van der Waals surface area contributed by atoms with Crippen LogP contribution in [-0.2, 0) is 13.6 Å². The summed E-state index contributed by atoms with van der Waals surface area (Å²) in [6.45, 7) is 2.08. The first-order valence-corrected chi connectivity index (χ1v) is 9.52. The number of hydrogen-bond donors (Lipinski definition) is 0. The second kappa shape index (κ2) is 7.82. The van der Waals surface area contributed by atoms with E-state index in [2.05, 4.69) is 10.1 Å². The maximum atomic E-state index is 15.0. The van der Waals surface area contributed by atoms with E-state index in [-0.39, 0.29) is 17.1 Å². The monoisotopic (exact) mass is 426 g/mol. The highest BCUT2D eigenvalue weighted by molar-refractivity contribution is 5.86. The number of aryl methyl sites for hydroxylation is 2. The van der Waals surface area contributed by atoms with Crippen molar-refractivity contribution in [3.8, 4) is 33.9 Å². The lowest BCUT2D eigenvalue weighted by Crippen LogP contribution is -2.22.